The average Bonchev–Trinajstić information content (AvgIpc) is 2.03. The first-order valence-corrected chi connectivity index (χ1v) is 6.18. The van der Waals surface area contributed by atoms with Gasteiger partial charge in [0.15, 0.2) is 0 Å². The predicted molar refractivity (Wildman–Crippen MR) is 62.1 cm³/mol. The van der Waals surface area contributed by atoms with E-state index in [0.29, 0.717) is 0 Å². The number of hydrogen-bond acceptors (Lipinski definition) is 2. The third kappa shape index (κ3) is 3.63. The van der Waals surface area contributed by atoms with E-state index in [9.17, 15) is 0 Å². The first-order valence-electron chi connectivity index (χ1n) is 5.14. The number of hydrogen-bond donors (Lipinski definition) is 0. The van der Waals surface area contributed by atoms with E-state index in [1.807, 2.05) is 0 Å². The van der Waals surface area contributed by atoms with Gasteiger partial charge in [0.25, 0.3) is 0 Å². The first-order chi connectivity index (χ1) is 6.09. The Labute approximate surface area is 86.6 Å². The fourth-order valence-electron chi connectivity index (χ4n) is 1.71. The van der Waals surface area contributed by atoms with Gasteiger partial charge in [0.2, 0.25) is 0 Å². The molecule has 1 heterocycles. The minimum absolute atomic E-state index is 0.734. The molecule has 0 N–H and O–H groups in total. The highest BCUT2D eigenvalue weighted by molar-refractivity contribution is 7.99. The third-order valence-electron chi connectivity index (χ3n) is 2.33. The summed E-state index contributed by atoms with van der Waals surface area (Å²) >= 11 is 2.08. The normalized spacial score (nSPS) is 23.7. The zero-order chi connectivity index (χ0) is 9.84. The molecule has 0 amide bonds. The Kier molecular flexibility index (Phi) is 4.17. The molecule has 0 aromatic carbocycles. The molecule has 0 aliphatic carbocycles. The van der Waals surface area contributed by atoms with E-state index in [2.05, 4.69) is 44.0 Å². The smallest absolute Gasteiger partial charge is 0.0291 e. The van der Waals surface area contributed by atoms with Crippen LogP contribution in [0.5, 0.6) is 0 Å². The van der Waals surface area contributed by atoms with Gasteiger partial charge in [-0.1, -0.05) is 27.4 Å². The van der Waals surface area contributed by atoms with E-state index in [0.717, 1.165) is 17.6 Å². The molecule has 1 rings (SSSR count). The molecule has 0 aromatic rings. The van der Waals surface area contributed by atoms with Crippen LogP contribution in [-0.4, -0.2) is 29.0 Å². The maximum atomic E-state index is 4.17. The summed E-state index contributed by atoms with van der Waals surface area (Å²) in [4.78, 5) is 2.46. The molecule has 0 radical (unpaired) electrons. The predicted octanol–water partition coefficient (Wildman–Crippen LogP) is 2.98. The molecule has 0 saturated carbocycles. The van der Waals surface area contributed by atoms with Gasteiger partial charge in [-0.3, -0.25) is 0 Å². The molecule has 76 valence electrons. The van der Waals surface area contributed by atoms with E-state index in [1.54, 1.807) is 0 Å². The molecule has 1 aliphatic rings. The Balaban J connectivity index is 2.37. The van der Waals surface area contributed by atoms with Crippen molar-refractivity contribution in [1.82, 2.24) is 4.90 Å². The molecule has 1 atom stereocenters. The second-order valence-corrected chi connectivity index (χ2v) is 5.84. The van der Waals surface area contributed by atoms with Gasteiger partial charge < -0.3 is 4.90 Å². The van der Waals surface area contributed by atoms with Crippen LogP contribution in [0.2, 0.25) is 0 Å². The lowest BCUT2D eigenvalue weighted by atomic mass is 10.1. The summed E-state index contributed by atoms with van der Waals surface area (Å²) in [6.07, 6.45) is 1.15. The van der Waals surface area contributed by atoms with Gasteiger partial charge in [-0.2, -0.15) is 11.8 Å². The minimum Gasteiger partial charge on any atom is -0.373 e. The van der Waals surface area contributed by atoms with E-state index in [-0.39, 0.29) is 0 Å². The Bertz CT molecular complexity index is 177. The molecular formula is C11H21NS. The second-order valence-electron chi connectivity index (χ2n) is 4.29. The van der Waals surface area contributed by atoms with Gasteiger partial charge in [-0.25, -0.2) is 0 Å². The van der Waals surface area contributed by atoms with E-state index in [1.165, 1.54) is 24.5 Å². The summed E-state index contributed by atoms with van der Waals surface area (Å²) in [6.45, 7) is 13.4. The second kappa shape index (κ2) is 4.94. The van der Waals surface area contributed by atoms with Gasteiger partial charge in [0, 0.05) is 29.8 Å². The van der Waals surface area contributed by atoms with Crippen LogP contribution in [0.25, 0.3) is 0 Å². The van der Waals surface area contributed by atoms with Crippen molar-refractivity contribution in [3.8, 4) is 0 Å². The highest BCUT2D eigenvalue weighted by Gasteiger charge is 2.17. The maximum Gasteiger partial charge on any atom is 0.0291 e. The topological polar surface area (TPSA) is 3.24 Å². The van der Waals surface area contributed by atoms with Crippen molar-refractivity contribution in [2.75, 3.05) is 18.8 Å². The van der Waals surface area contributed by atoms with Crippen LogP contribution in [0.3, 0.4) is 0 Å². The van der Waals surface area contributed by atoms with Gasteiger partial charge >= 0.3 is 0 Å². The van der Waals surface area contributed by atoms with Crippen LogP contribution in [-0.2, 0) is 0 Å². The zero-order valence-electron chi connectivity index (χ0n) is 9.05. The van der Waals surface area contributed by atoms with E-state index in [4.69, 9.17) is 0 Å². The number of rotatable bonds is 3. The maximum absolute atomic E-state index is 4.17. The van der Waals surface area contributed by atoms with Crippen molar-refractivity contribution in [1.29, 1.82) is 0 Å². The van der Waals surface area contributed by atoms with Gasteiger partial charge in [-0.15, -0.1) is 0 Å². The highest BCUT2D eigenvalue weighted by Crippen LogP contribution is 2.23. The summed E-state index contributed by atoms with van der Waals surface area (Å²) in [7, 11) is 0. The lowest BCUT2D eigenvalue weighted by molar-refractivity contribution is 0.336. The fourth-order valence-corrected chi connectivity index (χ4v) is 2.72. The van der Waals surface area contributed by atoms with Crippen LogP contribution in [0.15, 0.2) is 12.3 Å². The van der Waals surface area contributed by atoms with Crippen molar-refractivity contribution in [3.63, 3.8) is 0 Å². The number of allylic oxidation sites excluding steroid dienone is 1. The molecular weight excluding hydrogens is 178 g/mol. The molecule has 1 saturated heterocycles. The number of nitrogens with zero attached hydrogens (tertiary/aromatic N) is 1. The lowest BCUT2D eigenvalue weighted by Crippen LogP contribution is -2.35. The standard InChI is InChI=1S/C11H21NS/c1-9(2)7-10(3)12-5-6-13-11(4)8-12/h9,11H,3,5-8H2,1-2,4H3. The van der Waals surface area contributed by atoms with Crippen molar-refractivity contribution >= 4 is 11.8 Å². The Morgan fingerprint density at radius 2 is 2.31 bits per heavy atom. The summed E-state index contributed by atoms with van der Waals surface area (Å²) in [6, 6.07) is 0. The first kappa shape index (κ1) is 11.0. The van der Waals surface area contributed by atoms with Gasteiger partial charge in [0.1, 0.15) is 0 Å². The Hall–Kier alpha value is -0.110. The lowest BCUT2D eigenvalue weighted by Gasteiger charge is -2.34. The number of thioether (sulfide) groups is 1. The van der Waals surface area contributed by atoms with Crippen LogP contribution in [0, 0.1) is 5.92 Å². The van der Waals surface area contributed by atoms with Crippen molar-refractivity contribution in [2.24, 2.45) is 5.92 Å². The third-order valence-corrected chi connectivity index (χ3v) is 3.47. The largest absolute Gasteiger partial charge is 0.373 e. The van der Waals surface area contributed by atoms with Crippen molar-refractivity contribution < 1.29 is 0 Å². The molecule has 1 unspecified atom stereocenters. The molecule has 0 bridgehead atoms. The van der Waals surface area contributed by atoms with Gasteiger partial charge in [0.05, 0.1) is 0 Å². The van der Waals surface area contributed by atoms with Gasteiger partial charge in [-0.05, 0) is 12.3 Å². The highest BCUT2D eigenvalue weighted by atomic mass is 32.2. The van der Waals surface area contributed by atoms with Crippen LogP contribution in [0.1, 0.15) is 27.2 Å². The Morgan fingerprint density at radius 3 is 2.85 bits per heavy atom. The van der Waals surface area contributed by atoms with E-state index < -0.39 is 0 Å². The van der Waals surface area contributed by atoms with Crippen LogP contribution < -0.4 is 0 Å². The molecule has 1 aliphatic heterocycles. The molecule has 2 heteroatoms. The van der Waals surface area contributed by atoms with E-state index >= 15 is 0 Å². The van der Waals surface area contributed by atoms with Crippen LogP contribution in [0.4, 0.5) is 0 Å². The monoisotopic (exact) mass is 199 g/mol. The summed E-state index contributed by atoms with van der Waals surface area (Å²) < 4.78 is 0. The molecule has 1 fully saturated rings. The molecule has 1 nitrogen and oxygen atoms in total. The quantitative estimate of drug-likeness (QED) is 0.687. The zero-order valence-corrected chi connectivity index (χ0v) is 9.86. The molecule has 0 spiro atoms. The van der Waals surface area contributed by atoms with Crippen molar-refractivity contribution in [2.45, 2.75) is 32.4 Å². The fraction of sp³-hybridized carbons (Fsp3) is 0.818. The summed E-state index contributed by atoms with van der Waals surface area (Å²) in [5, 5.41) is 0.776. The summed E-state index contributed by atoms with van der Waals surface area (Å²) in [5.41, 5.74) is 1.34. The average molecular weight is 199 g/mol. The minimum atomic E-state index is 0.734. The molecule has 0 aromatic heterocycles. The molecule has 13 heavy (non-hydrogen) atoms. The van der Waals surface area contributed by atoms with Crippen molar-refractivity contribution in [3.05, 3.63) is 12.3 Å². The Morgan fingerprint density at radius 1 is 1.62 bits per heavy atom. The summed E-state index contributed by atoms with van der Waals surface area (Å²) in [5.74, 6) is 2.00. The SMILES string of the molecule is C=C(CC(C)C)N1CCSC(C)C1. The van der Waals surface area contributed by atoms with Crippen LogP contribution >= 0.6 is 11.8 Å².